The topological polar surface area (TPSA) is 34.2 Å². The van der Waals surface area contributed by atoms with E-state index >= 15 is 0 Å². The fourth-order valence-corrected chi connectivity index (χ4v) is 2.88. The molecular formula is C17H22N2O. The van der Waals surface area contributed by atoms with E-state index in [1.54, 1.807) is 0 Å². The van der Waals surface area contributed by atoms with Crippen molar-refractivity contribution < 1.29 is 4.74 Å². The second-order valence-electron chi connectivity index (χ2n) is 5.48. The van der Waals surface area contributed by atoms with Crippen molar-refractivity contribution in [1.29, 1.82) is 0 Å². The van der Waals surface area contributed by atoms with Crippen LogP contribution in [0.25, 0.3) is 10.9 Å². The third-order valence-corrected chi connectivity index (χ3v) is 3.99. The van der Waals surface area contributed by atoms with Crippen molar-refractivity contribution in [2.75, 3.05) is 19.8 Å². The quantitative estimate of drug-likeness (QED) is 0.905. The highest BCUT2D eigenvalue weighted by Crippen LogP contribution is 2.28. The highest BCUT2D eigenvalue weighted by Gasteiger charge is 2.27. The van der Waals surface area contributed by atoms with Crippen LogP contribution in [0.1, 0.15) is 31.5 Å². The van der Waals surface area contributed by atoms with E-state index in [1.165, 1.54) is 5.39 Å². The first-order valence-electron chi connectivity index (χ1n) is 7.55. The van der Waals surface area contributed by atoms with Gasteiger partial charge in [0.05, 0.1) is 23.9 Å². The zero-order valence-corrected chi connectivity index (χ0v) is 12.0. The number of hydrogen-bond donors (Lipinski definition) is 1. The Morgan fingerprint density at radius 2 is 2.20 bits per heavy atom. The van der Waals surface area contributed by atoms with Crippen LogP contribution in [-0.2, 0) is 4.74 Å². The highest BCUT2D eigenvalue weighted by atomic mass is 16.5. The molecule has 0 amide bonds. The summed E-state index contributed by atoms with van der Waals surface area (Å²) >= 11 is 0. The zero-order valence-electron chi connectivity index (χ0n) is 12.0. The Balaban J connectivity index is 1.90. The molecule has 1 aromatic heterocycles. The van der Waals surface area contributed by atoms with Gasteiger partial charge < -0.3 is 10.1 Å². The summed E-state index contributed by atoms with van der Waals surface area (Å²) in [6.07, 6.45) is 2.26. The number of nitrogens with zero attached hydrogens (tertiary/aromatic N) is 1. The molecule has 2 heterocycles. The van der Waals surface area contributed by atoms with Crippen LogP contribution in [-0.4, -0.2) is 24.7 Å². The average molecular weight is 270 g/mol. The first kappa shape index (κ1) is 13.5. The molecule has 0 bridgehead atoms. The molecule has 1 fully saturated rings. The van der Waals surface area contributed by atoms with Gasteiger partial charge in [-0.2, -0.15) is 0 Å². The Bertz CT molecular complexity index is 564. The van der Waals surface area contributed by atoms with Crippen LogP contribution in [0.4, 0.5) is 0 Å². The van der Waals surface area contributed by atoms with E-state index in [1.807, 2.05) is 6.07 Å². The number of aromatic nitrogens is 1. The number of rotatable bonds is 5. The fraction of sp³-hybridized carbons (Fsp3) is 0.471. The van der Waals surface area contributed by atoms with Crippen LogP contribution < -0.4 is 5.32 Å². The standard InChI is InChI=1S/C17H22N2O/c1-2-10-18-17(14-9-11-20-12-14)16-8-7-13-5-3-4-6-15(13)19-16/h3-8,14,17-18H,2,9-12H2,1H3. The molecule has 0 aliphatic carbocycles. The predicted octanol–water partition coefficient (Wildman–Crippen LogP) is 3.31. The van der Waals surface area contributed by atoms with E-state index in [-0.39, 0.29) is 0 Å². The summed E-state index contributed by atoms with van der Waals surface area (Å²) in [4.78, 5) is 4.85. The number of para-hydroxylation sites is 1. The third kappa shape index (κ3) is 2.84. The molecule has 2 unspecified atom stereocenters. The van der Waals surface area contributed by atoms with Crippen molar-refractivity contribution in [3.8, 4) is 0 Å². The molecule has 1 aliphatic heterocycles. The number of hydrogen-bond acceptors (Lipinski definition) is 3. The smallest absolute Gasteiger partial charge is 0.0706 e. The average Bonchev–Trinajstić information content (AvgIpc) is 3.02. The van der Waals surface area contributed by atoms with Gasteiger partial charge in [0.25, 0.3) is 0 Å². The molecule has 3 nitrogen and oxygen atoms in total. The molecule has 106 valence electrons. The molecule has 0 saturated carbocycles. The van der Waals surface area contributed by atoms with Crippen molar-refractivity contribution in [3.63, 3.8) is 0 Å². The van der Waals surface area contributed by atoms with Gasteiger partial charge in [0, 0.05) is 17.9 Å². The molecule has 1 aromatic carbocycles. The van der Waals surface area contributed by atoms with Crippen LogP contribution >= 0.6 is 0 Å². The SMILES string of the molecule is CCCNC(c1ccc2ccccc2n1)C1CCOC1. The lowest BCUT2D eigenvalue weighted by molar-refractivity contribution is 0.176. The number of benzene rings is 1. The number of ether oxygens (including phenoxy) is 1. The zero-order chi connectivity index (χ0) is 13.8. The minimum absolute atomic E-state index is 0.307. The lowest BCUT2D eigenvalue weighted by Gasteiger charge is -2.23. The maximum absolute atomic E-state index is 5.56. The fourth-order valence-electron chi connectivity index (χ4n) is 2.88. The Labute approximate surface area is 120 Å². The van der Waals surface area contributed by atoms with Crippen molar-refractivity contribution in [1.82, 2.24) is 10.3 Å². The molecule has 1 saturated heterocycles. The molecule has 2 atom stereocenters. The molecule has 3 rings (SSSR count). The van der Waals surface area contributed by atoms with Crippen molar-refractivity contribution >= 4 is 10.9 Å². The Morgan fingerprint density at radius 1 is 1.30 bits per heavy atom. The van der Waals surface area contributed by atoms with Gasteiger partial charge >= 0.3 is 0 Å². The summed E-state index contributed by atoms with van der Waals surface area (Å²) in [6, 6.07) is 12.9. The Kier molecular flexibility index (Phi) is 4.28. The van der Waals surface area contributed by atoms with Crippen LogP contribution in [0.2, 0.25) is 0 Å². The minimum Gasteiger partial charge on any atom is -0.381 e. The molecule has 1 N–H and O–H groups in total. The normalized spacial score (nSPS) is 20.4. The maximum atomic E-state index is 5.56. The Hall–Kier alpha value is -1.45. The van der Waals surface area contributed by atoms with Crippen molar-refractivity contribution in [2.24, 2.45) is 5.92 Å². The summed E-state index contributed by atoms with van der Waals surface area (Å²) in [5, 5.41) is 4.85. The second-order valence-corrected chi connectivity index (χ2v) is 5.48. The maximum Gasteiger partial charge on any atom is 0.0706 e. The van der Waals surface area contributed by atoms with Gasteiger partial charge in [0.15, 0.2) is 0 Å². The summed E-state index contributed by atoms with van der Waals surface area (Å²) in [5.74, 6) is 0.537. The number of pyridine rings is 1. The first-order chi connectivity index (χ1) is 9.88. The van der Waals surface area contributed by atoms with Gasteiger partial charge in [-0.05, 0) is 31.5 Å². The lowest BCUT2D eigenvalue weighted by atomic mass is 9.95. The predicted molar refractivity (Wildman–Crippen MR) is 81.7 cm³/mol. The minimum atomic E-state index is 0.307. The number of fused-ring (bicyclic) bond motifs is 1. The van der Waals surface area contributed by atoms with E-state index in [2.05, 4.69) is 42.6 Å². The van der Waals surface area contributed by atoms with E-state index in [4.69, 9.17) is 9.72 Å². The molecule has 3 heteroatoms. The third-order valence-electron chi connectivity index (χ3n) is 3.99. The summed E-state index contributed by atoms with van der Waals surface area (Å²) in [5.41, 5.74) is 2.22. The van der Waals surface area contributed by atoms with Gasteiger partial charge in [-0.3, -0.25) is 4.98 Å². The molecule has 0 radical (unpaired) electrons. The molecule has 1 aliphatic rings. The molecular weight excluding hydrogens is 248 g/mol. The lowest BCUT2D eigenvalue weighted by Crippen LogP contribution is -2.30. The van der Waals surface area contributed by atoms with E-state index in [0.717, 1.165) is 43.8 Å². The van der Waals surface area contributed by atoms with Gasteiger partial charge in [-0.25, -0.2) is 0 Å². The largest absolute Gasteiger partial charge is 0.381 e. The first-order valence-corrected chi connectivity index (χ1v) is 7.55. The monoisotopic (exact) mass is 270 g/mol. The molecule has 2 aromatic rings. The summed E-state index contributed by atoms with van der Waals surface area (Å²) in [6.45, 7) is 4.94. The van der Waals surface area contributed by atoms with Gasteiger partial charge in [-0.1, -0.05) is 31.2 Å². The van der Waals surface area contributed by atoms with Gasteiger partial charge in [-0.15, -0.1) is 0 Å². The van der Waals surface area contributed by atoms with E-state index in [0.29, 0.717) is 12.0 Å². The van der Waals surface area contributed by atoms with Crippen LogP contribution in [0.5, 0.6) is 0 Å². The van der Waals surface area contributed by atoms with Crippen LogP contribution in [0, 0.1) is 5.92 Å². The summed E-state index contributed by atoms with van der Waals surface area (Å²) < 4.78 is 5.56. The number of nitrogens with one attached hydrogen (secondary N) is 1. The Morgan fingerprint density at radius 3 is 3.00 bits per heavy atom. The second kappa shape index (κ2) is 6.33. The van der Waals surface area contributed by atoms with Gasteiger partial charge in [0.2, 0.25) is 0 Å². The molecule has 20 heavy (non-hydrogen) atoms. The van der Waals surface area contributed by atoms with Crippen LogP contribution in [0.15, 0.2) is 36.4 Å². The highest BCUT2D eigenvalue weighted by molar-refractivity contribution is 5.78. The molecule has 0 spiro atoms. The summed E-state index contributed by atoms with van der Waals surface area (Å²) in [7, 11) is 0. The van der Waals surface area contributed by atoms with Crippen molar-refractivity contribution in [3.05, 3.63) is 42.1 Å². The van der Waals surface area contributed by atoms with Gasteiger partial charge in [0.1, 0.15) is 0 Å². The van der Waals surface area contributed by atoms with Crippen molar-refractivity contribution in [2.45, 2.75) is 25.8 Å². The van der Waals surface area contributed by atoms with Crippen LogP contribution in [0.3, 0.4) is 0 Å². The van der Waals surface area contributed by atoms with E-state index in [9.17, 15) is 0 Å². The van der Waals surface area contributed by atoms with E-state index < -0.39 is 0 Å².